The van der Waals surface area contributed by atoms with Gasteiger partial charge in [-0.1, -0.05) is 0 Å². The van der Waals surface area contributed by atoms with Crippen LogP contribution in [-0.4, -0.2) is 30.2 Å². The van der Waals surface area contributed by atoms with E-state index in [9.17, 15) is 0 Å². The van der Waals surface area contributed by atoms with Gasteiger partial charge in [0.05, 0.1) is 19.3 Å². The Morgan fingerprint density at radius 1 is 1.33 bits per heavy atom. The predicted octanol–water partition coefficient (Wildman–Crippen LogP) is 1.05. The van der Waals surface area contributed by atoms with E-state index < -0.39 is 0 Å². The Balaban J connectivity index is 1.94. The lowest BCUT2D eigenvalue weighted by Gasteiger charge is -2.33. The smallest absolute Gasteiger partial charge is 0.168 e. The summed E-state index contributed by atoms with van der Waals surface area (Å²) < 4.78 is 11.3. The molecule has 12 heavy (non-hydrogen) atoms. The lowest BCUT2D eigenvalue weighted by atomic mass is 10.0. The summed E-state index contributed by atoms with van der Waals surface area (Å²) in [5, 5.41) is 8.90. The Hall–Kier alpha value is -0.120. The minimum atomic E-state index is -0.314. The molecule has 2 fully saturated rings. The topological polar surface area (TPSA) is 38.7 Å². The van der Waals surface area contributed by atoms with E-state index in [0.29, 0.717) is 0 Å². The van der Waals surface area contributed by atoms with Crippen molar-refractivity contribution in [1.82, 2.24) is 0 Å². The molecule has 2 heterocycles. The van der Waals surface area contributed by atoms with Crippen molar-refractivity contribution in [2.45, 2.75) is 44.0 Å². The van der Waals surface area contributed by atoms with Gasteiger partial charge >= 0.3 is 0 Å². The van der Waals surface area contributed by atoms with Gasteiger partial charge in [0.2, 0.25) is 0 Å². The molecule has 2 unspecified atom stereocenters. The second-order valence-corrected chi connectivity index (χ2v) is 3.68. The number of ether oxygens (including phenoxy) is 2. The van der Waals surface area contributed by atoms with Gasteiger partial charge in [-0.25, -0.2) is 0 Å². The molecule has 2 aliphatic rings. The normalized spacial score (nSPS) is 42.2. The Morgan fingerprint density at radius 2 is 2.25 bits per heavy atom. The van der Waals surface area contributed by atoms with Crippen LogP contribution in [0, 0.1) is 0 Å². The third-order valence-corrected chi connectivity index (χ3v) is 2.75. The zero-order valence-electron chi connectivity index (χ0n) is 7.29. The molecule has 0 aliphatic carbocycles. The molecule has 70 valence electrons. The second kappa shape index (κ2) is 3.32. The molecule has 2 aliphatic heterocycles. The first-order valence-electron chi connectivity index (χ1n) is 4.77. The minimum Gasteiger partial charge on any atom is -0.394 e. The van der Waals surface area contributed by atoms with E-state index in [4.69, 9.17) is 14.6 Å². The molecule has 2 saturated heterocycles. The molecule has 0 radical (unpaired) electrons. The van der Waals surface area contributed by atoms with Crippen LogP contribution in [0.15, 0.2) is 0 Å². The molecule has 0 aromatic carbocycles. The molecule has 3 heteroatoms. The maximum absolute atomic E-state index is 8.90. The van der Waals surface area contributed by atoms with Gasteiger partial charge in [0.1, 0.15) is 0 Å². The Bertz CT molecular complexity index is 152. The molecule has 2 atom stereocenters. The third-order valence-electron chi connectivity index (χ3n) is 2.75. The molecular formula is C9H16O3. The molecule has 0 bridgehead atoms. The van der Waals surface area contributed by atoms with Crippen molar-refractivity contribution < 1.29 is 14.6 Å². The summed E-state index contributed by atoms with van der Waals surface area (Å²) in [6, 6.07) is 0. The highest BCUT2D eigenvalue weighted by Crippen LogP contribution is 2.38. The minimum absolute atomic E-state index is 0.0168. The van der Waals surface area contributed by atoms with Crippen molar-refractivity contribution in [2.24, 2.45) is 0 Å². The summed E-state index contributed by atoms with van der Waals surface area (Å²) >= 11 is 0. The number of aliphatic hydroxyl groups is 1. The van der Waals surface area contributed by atoms with Gasteiger partial charge in [0.15, 0.2) is 5.79 Å². The molecule has 2 rings (SSSR count). The van der Waals surface area contributed by atoms with E-state index in [0.717, 1.165) is 32.3 Å². The highest BCUT2D eigenvalue weighted by molar-refractivity contribution is 4.83. The zero-order valence-corrected chi connectivity index (χ0v) is 7.29. The molecular weight excluding hydrogens is 156 g/mol. The first kappa shape index (κ1) is 8.48. The van der Waals surface area contributed by atoms with Crippen LogP contribution in [0.4, 0.5) is 0 Å². The van der Waals surface area contributed by atoms with E-state index in [1.54, 1.807) is 0 Å². The number of hydrogen-bond acceptors (Lipinski definition) is 3. The third kappa shape index (κ3) is 1.49. The fourth-order valence-corrected chi connectivity index (χ4v) is 2.05. The van der Waals surface area contributed by atoms with Crippen LogP contribution in [-0.2, 0) is 9.47 Å². The summed E-state index contributed by atoms with van der Waals surface area (Å²) in [7, 11) is 0. The SMILES string of the molecule is OCC1CCC2(CCCCO2)O1. The van der Waals surface area contributed by atoms with E-state index >= 15 is 0 Å². The first-order chi connectivity index (χ1) is 5.85. The fraction of sp³-hybridized carbons (Fsp3) is 1.00. The van der Waals surface area contributed by atoms with Crippen LogP contribution in [0.3, 0.4) is 0 Å². The van der Waals surface area contributed by atoms with Gasteiger partial charge in [-0.2, -0.15) is 0 Å². The molecule has 0 aromatic rings. The molecule has 0 saturated carbocycles. The van der Waals surface area contributed by atoms with Gasteiger partial charge < -0.3 is 14.6 Å². The van der Waals surface area contributed by atoms with Crippen molar-refractivity contribution in [1.29, 1.82) is 0 Å². The number of aliphatic hydroxyl groups excluding tert-OH is 1. The zero-order chi connectivity index (χ0) is 8.44. The first-order valence-corrected chi connectivity index (χ1v) is 4.77. The lowest BCUT2D eigenvalue weighted by molar-refractivity contribution is -0.247. The summed E-state index contributed by atoms with van der Waals surface area (Å²) in [4.78, 5) is 0. The summed E-state index contributed by atoms with van der Waals surface area (Å²) in [6.45, 7) is 0.948. The Labute approximate surface area is 72.7 Å². The second-order valence-electron chi connectivity index (χ2n) is 3.68. The van der Waals surface area contributed by atoms with Crippen LogP contribution in [0.5, 0.6) is 0 Å². The van der Waals surface area contributed by atoms with Crippen molar-refractivity contribution >= 4 is 0 Å². The highest BCUT2D eigenvalue weighted by Gasteiger charge is 2.41. The summed E-state index contributed by atoms with van der Waals surface area (Å²) in [5.74, 6) is -0.314. The van der Waals surface area contributed by atoms with Crippen molar-refractivity contribution in [3.63, 3.8) is 0 Å². The average molecular weight is 172 g/mol. The van der Waals surface area contributed by atoms with Crippen LogP contribution in [0.25, 0.3) is 0 Å². The summed E-state index contributed by atoms with van der Waals surface area (Å²) in [6.07, 6.45) is 5.26. The van der Waals surface area contributed by atoms with Gasteiger partial charge in [-0.05, 0) is 19.3 Å². The fourth-order valence-electron chi connectivity index (χ4n) is 2.05. The maximum atomic E-state index is 8.90. The monoisotopic (exact) mass is 172 g/mol. The average Bonchev–Trinajstić information content (AvgIpc) is 2.50. The van der Waals surface area contributed by atoms with Gasteiger partial charge in [0, 0.05) is 12.8 Å². The van der Waals surface area contributed by atoms with E-state index in [1.807, 2.05) is 0 Å². The molecule has 1 N–H and O–H groups in total. The van der Waals surface area contributed by atoms with Gasteiger partial charge in [-0.3, -0.25) is 0 Å². The van der Waals surface area contributed by atoms with Gasteiger partial charge in [-0.15, -0.1) is 0 Å². The standard InChI is InChI=1S/C9H16O3/c10-7-8-3-5-9(12-8)4-1-2-6-11-9/h8,10H,1-7H2. The van der Waals surface area contributed by atoms with Crippen LogP contribution in [0.2, 0.25) is 0 Å². The predicted molar refractivity (Wildman–Crippen MR) is 43.7 cm³/mol. The van der Waals surface area contributed by atoms with Crippen LogP contribution < -0.4 is 0 Å². The van der Waals surface area contributed by atoms with E-state index in [-0.39, 0.29) is 18.5 Å². The largest absolute Gasteiger partial charge is 0.394 e. The number of hydrogen-bond donors (Lipinski definition) is 1. The molecule has 3 nitrogen and oxygen atoms in total. The quantitative estimate of drug-likeness (QED) is 0.642. The Morgan fingerprint density at radius 3 is 2.83 bits per heavy atom. The van der Waals surface area contributed by atoms with Crippen molar-refractivity contribution in [3.05, 3.63) is 0 Å². The Kier molecular flexibility index (Phi) is 2.35. The van der Waals surface area contributed by atoms with Crippen LogP contribution >= 0.6 is 0 Å². The maximum Gasteiger partial charge on any atom is 0.168 e. The molecule has 0 aromatic heterocycles. The van der Waals surface area contributed by atoms with Gasteiger partial charge in [0.25, 0.3) is 0 Å². The highest BCUT2D eigenvalue weighted by atomic mass is 16.7. The summed E-state index contributed by atoms with van der Waals surface area (Å²) in [5.41, 5.74) is 0. The number of rotatable bonds is 1. The van der Waals surface area contributed by atoms with Crippen LogP contribution in [0.1, 0.15) is 32.1 Å². The molecule has 1 spiro atoms. The molecule has 0 amide bonds. The lowest BCUT2D eigenvalue weighted by Crippen LogP contribution is -2.36. The van der Waals surface area contributed by atoms with Crippen molar-refractivity contribution in [3.8, 4) is 0 Å². The van der Waals surface area contributed by atoms with Crippen molar-refractivity contribution in [2.75, 3.05) is 13.2 Å². The van der Waals surface area contributed by atoms with E-state index in [1.165, 1.54) is 6.42 Å². The van der Waals surface area contributed by atoms with E-state index in [2.05, 4.69) is 0 Å².